The summed E-state index contributed by atoms with van der Waals surface area (Å²) in [6.07, 6.45) is -1.96. The Balaban J connectivity index is 2.11. The molecule has 0 spiro atoms. The molecule has 0 aliphatic heterocycles. The van der Waals surface area contributed by atoms with Gasteiger partial charge in [-0.25, -0.2) is 0 Å². The number of unbranched alkanes of at least 4 members (excludes halogenated alkanes) is 2. The molecule has 0 aliphatic rings. The van der Waals surface area contributed by atoms with Crippen LogP contribution in [-0.2, 0) is 6.18 Å². The van der Waals surface area contributed by atoms with E-state index in [0.717, 1.165) is 24.5 Å². The lowest BCUT2D eigenvalue weighted by atomic mass is 10.1. The summed E-state index contributed by atoms with van der Waals surface area (Å²) in [4.78, 5) is 0. The van der Waals surface area contributed by atoms with Gasteiger partial charge in [-0.2, -0.15) is 13.2 Å². The predicted octanol–water partition coefficient (Wildman–Crippen LogP) is 7.33. The van der Waals surface area contributed by atoms with Crippen molar-refractivity contribution in [1.82, 2.24) is 5.32 Å². The SMILES string of the molecule is C=C(N/C(=C\S)c1ccc(Cl)cc1)Nc1ccc(OCCCCC)c(C(F)(F)F)c1. The number of hydrogen-bond donors (Lipinski definition) is 3. The lowest BCUT2D eigenvalue weighted by Gasteiger charge is -2.18. The van der Waals surface area contributed by atoms with Gasteiger partial charge < -0.3 is 15.4 Å². The summed E-state index contributed by atoms with van der Waals surface area (Å²) in [7, 11) is 0. The minimum Gasteiger partial charge on any atom is -0.493 e. The average Bonchev–Trinajstić information content (AvgIpc) is 2.70. The van der Waals surface area contributed by atoms with Gasteiger partial charge in [0.1, 0.15) is 11.6 Å². The number of nitrogens with one attached hydrogen (secondary N) is 2. The van der Waals surface area contributed by atoms with Crippen LogP contribution in [0, 0.1) is 0 Å². The molecule has 0 heterocycles. The number of benzene rings is 2. The van der Waals surface area contributed by atoms with E-state index in [4.69, 9.17) is 16.3 Å². The van der Waals surface area contributed by atoms with E-state index in [1.165, 1.54) is 17.5 Å². The van der Waals surface area contributed by atoms with Gasteiger partial charge in [-0.3, -0.25) is 0 Å². The van der Waals surface area contributed by atoms with Crippen LogP contribution in [0.2, 0.25) is 5.02 Å². The van der Waals surface area contributed by atoms with Gasteiger partial charge >= 0.3 is 6.18 Å². The molecular formula is C22H24ClF3N2OS. The first-order valence-electron chi connectivity index (χ1n) is 9.42. The van der Waals surface area contributed by atoms with Crippen LogP contribution in [0.15, 0.2) is 60.3 Å². The standard InChI is InChI=1S/C22H24ClF3N2OS/c1-3-4-5-12-29-21-11-10-18(13-19(21)22(24,25)26)27-15(2)28-20(14-30)16-6-8-17(23)9-7-16/h6-11,13-14,27-28,30H,2-5,12H2,1H3/b20-14-. The van der Waals surface area contributed by atoms with Gasteiger partial charge in [-0.1, -0.05) is 50.1 Å². The molecule has 0 saturated carbocycles. The van der Waals surface area contributed by atoms with Crippen molar-refractivity contribution in [2.24, 2.45) is 0 Å². The lowest BCUT2D eigenvalue weighted by molar-refractivity contribution is -0.138. The van der Waals surface area contributed by atoms with Crippen LogP contribution in [0.25, 0.3) is 5.70 Å². The summed E-state index contributed by atoms with van der Waals surface area (Å²) < 4.78 is 45.8. The van der Waals surface area contributed by atoms with Gasteiger partial charge in [0.25, 0.3) is 0 Å². The minimum absolute atomic E-state index is 0.181. The second-order valence-corrected chi connectivity index (χ2v) is 7.24. The predicted molar refractivity (Wildman–Crippen MR) is 121 cm³/mol. The third-order valence-corrected chi connectivity index (χ3v) is 4.67. The first kappa shape index (κ1) is 24.0. The number of thiol groups is 1. The highest BCUT2D eigenvalue weighted by atomic mass is 35.5. The summed E-state index contributed by atoms with van der Waals surface area (Å²) in [5.74, 6) is 0.106. The molecule has 0 radical (unpaired) electrons. The van der Waals surface area contributed by atoms with Gasteiger partial charge in [0, 0.05) is 10.7 Å². The quantitative estimate of drug-likeness (QED) is 0.258. The first-order valence-corrected chi connectivity index (χ1v) is 10.3. The van der Waals surface area contributed by atoms with Crippen LogP contribution in [-0.4, -0.2) is 6.61 Å². The van der Waals surface area contributed by atoms with E-state index in [1.54, 1.807) is 24.3 Å². The number of rotatable bonds is 10. The fourth-order valence-corrected chi connectivity index (χ4v) is 3.01. The van der Waals surface area contributed by atoms with Gasteiger partial charge in [-0.15, -0.1) is 12.6 Å². The normalized spacial score (nSPS) is 11.9. The van der Waals surface area contributed by atoms with Crippen LogP contribution < -0.4 is 15.4 Å². The molecule has 8 heteroatoms. The Labute approximate surface area is 185 Å². The maximum Gasteiger partial charge on any atom is 0.420 e. The van der Waals surface area contributed by atoms with Gasteiger partial charge in [-0.05, 0) is 47.7 Å². The Morgan fingerprint density at radius 3 is 2.47 bits per heavy atom. The van der Waals surface area contributed by atoms with Crippen LogP contribution in [0.1, 0.15) is 37.3 Å². The largest absolute Gasteiger partial charge is 0.493 e. The van der Waals surface area contributed by atoms with E-state index in [0.29, 0.717) is 17.1 Å². The summed E-state index contributed by atoms with van der Waals surface area (Å²) in [5, 5.41) is 7.96. The lowest BCUT2D eigenvalue weighted by Crippen LogP contribution is -2.18. The molecule has 30 heavy (non-hydrogen) atoms. The molecule has 0 aliphatic carbocycles. The summed E-state index contributed by atoms with van der Waals surface area (Å²) in [5.41, 5.74) is 0.804. The minimum atomic E-state index is -4.54. The average molecular weight is 457 g/mol. The molecule has 0 fully saturated rings. The van der Waals surface area contributed by atoms with Gasteiger partial charge in [0.15, 0.2) is 0 Å². The van der Waals surface area contributed by atoms with Crippen molar-refractivity contribution in [3.63, 3.8) is 0 Å². The van der Waals surface area contributed by atoms with Crippen molar-refractivity contribution in [3.8, 4) is 5.75 Å². The fourth-order valence-electron chi connectivity index (χ4n) is 2.67. The second kappa shape index (κ2) is 11.2. The summed E-state index contributed by atoms with van der Waals surface area (Å²) in [6, 6.07) is 10.9. The molecule has 0 unspecified atom stereocenters. The molecule has 2 aromatic carbocycles. The molecule has 162 valence electrons. The number of halogens is 4. The van der Waals surface area contributed by atoms with Crippen LogP contribution in [0.4, 0.5) is 18.9 Å². The monoisotopic (exact) mass is 456 g/mol. The third kappa shape index (κ3) is 7.22. The van der Waals surface area contributed by atoms with Crippen molar-refractivity contribution in [1.29, 1.82) is 0 Å². The molecule has 2 rings (SSSR count). The van der Waals surface area contributed by atoms with Crippen molar-refractivity contribution in [3.05, 3.63) is 76.4 Å². The molecule has 3 nitrogen and oxygen atoms in total. The van der Waals surface area contributed by atoms with Crippen LogP contribution >= 0.6 is 24.2 Å². The van der Waals surface area contributed by atoms with Gasteiger partial charge in [0.2, 0.25) is 0 Å². The molecule has 0 atom stereocenters. The van der Waals surface area contributed by atoms with Crippen LogP contribution in [0.5, 0.6) is 5.75 Å². The van der Waals surface area contributed by atoms with Gasteiger partial charge in [0.05, 0.1) is 17.9 Å². The number of anilines is 1. The number of hydrogen-bond acceptors (Lipinski definition) is 4. The molecule has 0 bridgehead atoms. The maximum atomic E-state index is 13.5. The summed E-state index contributed by atoms with van der Waals surface area (Å²) >= 11 is 10.1. The Morgan fingerprint density at radius 2 is 1.87 bits per heavy atom. The molecular weight excluding hydrogens is 433 g/mol. The zero-order valence-electron chi connectivity index (χ0n) is 16.5. The van der Waals surface area contributed by atoms with E-state index in [2.05, 4.69) is 29.8 Å². The Morgan fingerprint density at radius 1 is 1.17 bits per heavy atom. The molecule has 0 amide bonds. The van der Waals surface area contributed by atoms with E-state index in [9.17, 15) is 13.2 Å². The smallest absolute Gasteiger partial charge is 0.420 e. The number of alkyl halides is 3. The fraction of sp³-hybridized carbons (Fsp3) is 0.273. The Hall–Kier alpha value is -2.25. The highest BCUT2D eigenvalue weighted by Crippen LogP contribution is 2.38. The van der Waals surface area contributed by atoms with E-state index < -0.39 is 11.7 Å². The zero-order valence-corrected chi connectivity index (χ0v) is 18.2. The molecule has 0 saturated heterocycles. The van der Waals surface area contributed by atoms with Crippen LogP contribution in [0.3, 0.4) is 0 Å². The second-order valence-electron chi connectivity index (χ2n) is 6.54. The van der Waals surface area contributed by atoms with Crippen molar-refractivity contribution >= 4 is 35.6 Å². The summed E-state index contributed by atoms with van der Waals surface area (Å²) in [6.45, 7) is 6.09. The highest BCUT2D eigenvalue weighted by molar-refractivity contribution is 7.83. The van der Waals surface area contributed by atoms with E-state index >= 15 is 0 Å². The molecule has 0 aromatic heterocycles. The van der Waals surface area contributed by atoms with E-state index in [1.807, 2.05) is 6.92 Å². The number of ether oxygens (including phenoxy) is 1. The van der Waals surface area contributed by atoms with Crippen molar-refractivity contribution in [2.45, 2.75) is 32.4 Å². The zero-order chi connectivity index (χ0) is 22.1. The van der Waals surface area contributed by atoms with Crippen molar-refractivity contribution in [2.75, 3.05) is 11.9 Å². The third-order valence-electron chi connectivity index (χ3n) is 4.16. The van der Waals surface area contributed by atoms with E-state index in [-0.39, 0.29) is 23.9 Å². The first-order chi connectivity index (χ1) is 14.2. The Kier molecular flexibility index (Phi) is 8.99. The molecule has 2 N–H and O–H groups in total. The topological polar surface area (TPSA) is 33.3 Å². The maximum absolute atomic E-state index is 13.5. The van der Waals surface area contributed by atoms with Crippen molar-refractivity contribution < 1.29 is 17.9 Å². The Bertz CT molecular complexity index is 883. The molecule has 2 aromatic rings. The highest BCUT2D eigenvalue weighted by Gasteiger charge is 2.34.